The number of carbonyl (C=O) groups is 1. The molecule has 1 rings (SSSR count). The van der Waals surface area contributed by atoms with Crippen molar-refractivity contribution >= 4 is 5.97 Å². The molecular weight excluding hydrogens is 244 g/mol. The van der Waals surface area contributed by atoms with Gasteiger partial charge in [-0.05, 0) is 42.5 Å². The van der Waals surface area contributed by atoms with E-state index in [1.807, 2.05) is 26.8 Å². The Kier molecular flexibility index (Phi) is 5.21. The highest BCUT2D eigenvalue weighted by Crippen LogP contribution is 2.35. The molecule has 0 aliphatic carbocycles. The van der Waals surface area contributed by atoms with Gasteiger partial charge in [-0.25, -0.2) is 0 Å². The summed E-state index contributed by atoms with van der Waals surface area (Å²) in [5.41, 5.74) is 1.70. The van der Waals surface area contributed by atoms with Crippen molar-refractivity contribution in [3.63, 3.8) is 0 Å². The minimum Gasteiger partial charge on any atom is -0.493 e. The summed E-state index contributed by atoms with van der Waals surface area (Å²) < 4.78 is 10.5. The Morgan fingerprint density at radius 3 is 2.16 bits per heavy atom. The maximum atomic E-state index is 11.5. The van der Waals surface area contributed by atoms with E-state index in [-0.39, 0.29) is 0 Å². The van der Waals surface area contributed by atoms with Gasteiger partial charge in [0.15, 0.2) is 11.5 Å². The third kappa shape index (κ3) is 3.63. The molecule has 1 aromatic carbocycles. The van der Waals surface area contributed by atoms with Crippen LogP contribution in [0.3, 0.4) is 0 Å². The van der Waals surface area contributed by atoms with Crippen molar-refractivity contribution in [2.24, 2.45) is 5.92 Å². The SMILES string of the molecule is COc1cc(C)c(C(CC(C)C)C(=O)O)cc1OC. The first-order valence-corrected chi connectivity index (χ1v) is 6.36. The van der Waals surface area contributed by atoms with Crippen LogP contribution in [0.1, 0.15) is 37.3 Å². The molecule has 0 aliphatic rings. The van der Waals surface area contributed by atoms with E-state index < -0.39 is 11.9 Å². The largest absolute Gasteiger partial charge is 0.493 e. The van der Waals surface area contributed by atoms with E-state index in [0.717, 1.165) is 11.1 Å². The van der Waals surface area contributed by atoms with Crippen molar-refractivity contribution in [3.8, 4) is 11.5 Å². The van der Waals surface area contributed by atoms with E-state index in [1.165, 1.54) is 0 Å². The Bertz CT molecular complexity index is 452. The molecule has 0 aliphatic heterocycles. The van der Waals surface area contributed by atoms with Crippen molar-refractivity contribution in [1.29, 1.82) is 0 Å². The van der Waals surface area contributed by atoms with E-state index >= 15 is 0 Å². The molecule has 106 valence electrons. The number of ether oxygens (including phenoxy) is 2. The molecule has 0 bridgehead atoms. The summed E-state index contributed by atoms with van der Waals surface area (Å²) in [6, 6.07) is 3.60. The molecule has 4 heteroatoms. The number of carboxylic acid groups (broad SMARTS) is 1. The number of methoxy groups -OCH3 is 2. The molecule has 1 unspecified atom stereocenters. The minimum absolute atomic E-state index is 0.314. The fourth-order valence-electron chi connectivity index (χ4n) is 2.20. The summed E-state index contributed by atoms with van der Waals surface area (Å²) in [5.74, 6) is 0.188. The Labute approximate surface area is 114 Å². The zero-order chi connectivity index (χ0) is 14.6. The molecule has 0 fully saturated rings. The van der Waals surface area contributed by atoms with Gasteiger partial charge in [0.1, 0.15) is 0 Å². The quantitative estimate of drug-likeness (QED) is 0.859. The van der Waals surface area contributed by atoms with E-state index in [0.29, 0.717) is 23.8 Å². The lowest BCUT2D eigenvalue weighted by Crippen LogP contribution is -2.15. The molecule has 0 spiro atoms. The first-order valence-electron chi connectivity index (χ1n) is 6.36. The van der Waals surface area contributed by atoms with Gasteiger partial charge in [-0.2, -0.15) is 0 Å². The van der Waals surface area contributed by atoms with E-state index in [9.17, 15) is 9.90 Å². The van der Waals surface area contributed by atoms with Gasteiger partial charge in [-0.15, -0.1) is 0 Å². The van der Waals surface area contributed by atoms with Gasteiger partial charge in [0.2, 0.25) is 0 Å². The average molecular weight is 266 g/mol. The number of rotatable bonds is 6. The Morgan fingerprint density at radius 1 is 1.21 bits per heavy atom. The number of benzene rings is 1. The monoisotopic (exact) mass is 266 g/mol. The fourth-order valence-corrected chi connectivity index (χ4v) is 2.20. The maximum absolute atomic E-state index is 11.5. The van der Waals surface area contributed by atoms with Crippen LogP contribution in [-0.4, -0.2) is 25.3 Å². The highest BCUT2D eigenvalue weighted by Gasteiger charge is 2.24. The molecule has 4 nitrogen and oxygen atoms in total. The molecule has 1 N–H and O–H groups in total. The second kappa shape index (κ2) is 6.45. The van der Waals surface area contributed by atoms with E-state index in [2.05, 4.69) is 0 Å². The van der Waals surface area contributed by atoms with Crippen LogP contribution in [0, 0.1) is 12.8 Å². The molecule has 0 radical (unpaired) electrons. The maximum Gasteiger partial charge on any atom is 0.310 e. The normalized spacial score (nSPS) is 12.3. The van der Waals surface area contributed by atoms with E-state index in [1.54, 1.807) is 20.3 Å². The van der Waals surface area contributed by atoms with Crippen molar-refractivity contribution < 1.29 is 19.4 Å². The van der Waals surface area contributed by atoms with Crippen LogP contribution in [0.15, 0.2) is 12.1 Å². The molecule has 1 aromatic rings. The second-order valence-electron chi connectivity index (χ2n) is 5.08. The Hall–Kier alpha value is -1.71. The van der Waals surface area contributed by atoms with Crippen LogP contribution in [-0.2, 0) is 4.79 Å². The number of hydrogen-bond acceptors (Lipinski definition) is 3. The lowest BCUT2D eigenvalue weighted by molar-refractivity contribution is -0.139. The van der Waals surface area contributed by atoms with Gasteiger partial charge in [-0.1, -0.05) is 13.8 Å². The summed E-state index contributed by atoms with van der Waals surface area (Å²) >= 11 is 0. The predicted octanol–water partition coefficient (Wildman–Crippen LogP) is 3.23. The number of aryl methyl sites for hydroxylation is 1. The zero-order valence-corrected chi connectivity index (χ0v) is 12.2. The molecule has 19 heavy (non-hydrogen) atoms. The van der Waals surface area contributed by atoms with Crippen LogP contribution >= 0.6 is 0 Å². The third-order valence-electron chi connectivity index (χ3n) is 3.15. The van der Waals surface area contributed by atoms with Gasteiger partial charge >= 0.3 is 5.97 Å². The summed E-state index contributed by atoms with van der Waals surface area (Å²) in [7, 11) is 3.12. The molecular formula is C15H22O4. The van der Waals surface area contributed by atoms with Gasteiger partial charge < -0.3 is 14.6 Å². The lowest BCUT2D eigenvalue weighted by atomic mass is 9.87. The first kappa shape index (κ1) is 15.3. The van der Waals surface area contributed by atoms with Gasteiger partial charge in [0.25, 0.3) is 0 Å². The molecule has 1 atom stereocenters. The number of carboxylic acids is 1. The van der Waals surface area contributed by atoms with Crippen LogP contribution in [0.2, 0.25) is 0 Å². The third-order valence-corrected chi connectivity index (χ3v) is 3.15. The van der Waals surface area contributed by atoms with Gasteiger partial charge in [-0.3, -0.25) is 4.79 Å². The minimum atomic E-state index is -0.802. The van der Waals surface area contributed by atoms with Crippen LogP contribution in [0.4, 0.5) is 0 Å². The highest BCUT2D eigenvalue weighted by molar-refractivity contribution is 5.77. The number of hydrogen-bond donors (Lipinski definition) is 1. The lowest BCUT2D eigenvalue weighted by Gasteiger charge is -2.19. The summed E-state index contributed by atoms with van der Waals surface area (Å²) in [5, 5.41) is 9.42. The first-order chi connectivity index (χ1) is 8.90. The van der Waals surface area contributed by atoms with Gasteiger partial charge in [0.05, 0.1) is 20.1 Å². The Morgan fingerprint density at radius 2 is 1.74 bits per heavy atom. The molecule has 0 saturated heterocycles. The van der Waals surface area contributed by atoms with Crippen molar-refractivity contribution in [1.82, 2.24) is 0 Å². The standard InChI is InChI=1S/C15H22O4/c1-9(2)6-12(15(16)17)11-8-14(19-5)13(18-4)7-10(11)3/h7-9,12H,6H2,1-5H3,(H,16,17). The van der Waals surface area contributed by atoms with Crippen LogP contribution in [0.5, 0.6) is 11.5 Å². The molecule has 0 aromatic heterocycles. The summed E-state index contributed by atoms with van der Waals surface area (Å²) in [6.07, 6.45) is 0.603. The van der Waals surface area contributed by atoms with Crippen LogP contribution in [0.25, 0.3) is 0 Å². The Balaban J connectivity index is 3.26. The average Bonchev–Trinajstić information content (AvgIpc) is 2.35. The molecule has 0 saturated carbocycles. The van der Waals surface area contributed by atoms with Crippen molar-refractivity contribution in [3.05, 3.63) is 23.3 Å². The zero-order valence-electron chi connectivity index (χ0n) is 12.2. The van der Waals surface area contributed by atoms with Crippen molar-refractivity contribution in [2.75, 3.05) is 14.2 Å². The predicted molar refractivity (Wildman–Crippen MR) is 74.1 cm³/mol. The van der Waals surface area contributed by atoms with E-state index in [4.69, 9.17) is 9.47 Å². The molecule has 0 amide bonds. The molecule has 0 heterocycles. The van der Waals surface area contributed by atoms with Crippen LogP contribution < -0.4 is 9.47 Å². The summed E-state index contributed by atoms with van der Waals surface area (Å²) in [6.45, 7) is 5.94. The fraction of sp³-hybridized carbons (Fsp3) is 0.533. The summed E-state index contributed by atoms with van der Waals surface area (Å²) in [4.78, 5) is 11.5. The van der Waals surface area contributed by atoms with Gasteiger partial charge in [0, 0.05) is 0 Å². The topological polar surface area (TPSA) is 55.8 Å². The second-order valence-corrected chi connectivity index (χ2v) is 5.08. The smallest absolute Gasteiger partial charge is 0.310 e. The highest BCUT2D eigenvalue weighted by atomic mass is 16.5. The number of aliphatic carboxylic acids is 1. The van der Waals surface area contributed by atoms with Crippen molar-refractivity contribution in [2.45, 2.75) is 33.1 Å².